The normalized spacial score (nSPS) is 9.67. The van der Waals surface area contributed by atoms with Crippen molar-refractivity contribution in [1.29, 1.82) is 0 Å². The number of carbonyl (C=O) groups excluding carboxylic acids is 1. The molecule has 0 aliphatic heterocycles. The number of benzene rings is 1. The van der Waals surface area contributed by atoms with Crippen LogP contribution >= 0.6 is 23.7 Å². The average molecular weight is 283 g/mol. The standard InChI is InChI=1S/C13H14N2OS.ClH/c1-15(2)13(16)11-5-3-4-10(6-11)7-12-8-14-9-17-12;/h3-6,8-9H,7H2,1-2H3;1H. The van der Waals surface area contributed by atoms with Crippen LogP contribution in [0, 0.1) is 0 Å². The molecule has 0 aliphatic carbocycles. The zero-order valence-corrected chi connectivity index (χ0v) is 11.9. The topological polar surface area (TPSA) is 33.2 Å². The van der Waals surface area contributed by atoms with E-state index in [9.17, 15) is 4.79 Å². The fourth-order valence-corrected chi connectivity index (χ4v) is 2.23. The highest BCUT2D eigenvalue weighted by Crippen LogP contribution is 2.15. The van der Waals surface area contributed by atoms with Crippen LogP contribution in [0.4, 0.5) is 0 Å². The number of nitrogens with zero attached hydrogens (tertiary/aromatic N) is 2. The Kier molecular flexibility index (Phi) is 5.31. The summed E-state index contributed by atoms with van der Waals surface area (Å²) in [6.07, 6.45) is 2.70. The maximum absolute atomic E-state index is 11.8. The van der Waals surface area contributed by atoms with Gasteiger partial charge in [-0.25, -0.2) is 0 Å². The first-order valence-electron chi connectivity index (χ1n) is 5.35. The van der Waals surface area contributed by atoms with Gasteiger partial charge in [0.15, 0.2) is 0 Å². The van der Waals surface area contributed by atoms with Crippen LogP contribution in [0.15, 0.2) is 36.0 Å². The predicted molar refractivity (Wildman–Crippen MR) is 76.6 cm³/mol. The largest absolute Gasteiger partial charge is 0.345 e. The third-order valence-electron chi connectivity index (χ3n) is 2.44. The first-order chi connectivity index (χ1) is 8.16. The van der Waals surface area contributed by atoms with Gasteiger partial charge in [0.25, 0.3) is 5.91 Å². The van der Waals surface area contributed by atoms with Gasteiger partial charge in [0, 0.05) is 37.2 Å². The number of thiazole rings is 1. The first kappa shape index (κ1) is 14.7. The monoisotopic (exact) mass is 282 g/mol. The highest BCUT2D eigenvalue weighted by molar-refractivity contribution is 7.09. The molecule has 5 heteroatoms. The molecule has 1 aromatic heterocycles. The molecule has 1 heterocycles. The first-order valence-corrected chi connectivity index (χ1v) is 6.23. The molecule has 2 rings (SSSR count). The third-order valence-corrected chi connectivity index (χ3v) is 3.22. The van der Waals surface area contributed by atoms with Crippen LogP contribution in [0.3, 0.4) is 0 Å². The summed E-state index contributed by atoms with van der Waals surface area (Å²) in [6, 6.07) is 7.75. The minimum atomic E-state index is 0. The summed E-state index contributed by atoms with van der Waals surface area (Å²) < 4.78 is 0. The Morgan fingerprint density at radius 3 is 2.78 bits per heavy atom. The smallest absolute Gasteiger partial charge is 0.253 e. The Labute approximate surface area is 117 Å². The lowest BCUT2D eigenvalue weighted by Crippen LogP contribution is -2.21. The molecule has 0 bridgehead atoms. The molecule has 0 spiro atoms. The fourth-order valence-electron chi connectivity index (χ4n) is 1.60. The van der Waals surface area contributed by atoms with E-state index in [-0.39, 0.29) is 18.3 Å². The third kappa shape index (κ3) is 3.55. The summed E-state index contributed by atoms with van der Waals surface area (Å²) in [5.41, 5.74) is 3.70. The second-order valence-electron chi connectivity index (χ2n) is 4.04. The molecule has 0 saturated carbocycles. The Bertz CT molecular complexity index is 511. The summed E-state index contributed by atoms with van der Waals surface area (Å²) in [5.74, 6) is 0.0381. The molecule has 0 unspecified atom stereocenters. The van der Waals surface area contributed by atoms with Crippen molar-refractivity contribution in [3.05, 3.63) is 52.0 Å². The van der Waals surface area contributed by atoms with Crippen LogP contribution in [0.2, 0.25) is 0 Å². The molecule has 0 saturated heterocycles. The molecule has 0 aliphatic rings. The number of hydrogen-bond donors (Lipinski definition) is 0. The van der Waals surface area contributed by atoms with E-state index in [2.05, 4.69) is 4.98 Å². The second-order valence-corrected chi connectivity index (χ2v) is 5.02. The minimum absolute atomic E-state index is 0. The molecule has 0 fully saturated rings. The van der Waals surface area contributed by atoms with Gasteiger partial charge in [-0.2, -0.15) is 0 Å². The molecule has 96 valence electrons. The van der Waals surface area contributed by atoms with Gasteiger partial charge in [0.1, 0.15) is 0 Å². The van der Waals surface area contributed by atoms with Crippen molar-refractivity contribution >= 4 is 29.7 Å². The van der Waals surface area contributed by atoms with Crippen LogP contribution < -0.4 is 0 Å². The van der Waals surface area contributed by atoms with Crippen molar-refractivity contribution < 1.29 is 4.79 Å². The highest BCUT2D eigenvalue weighted by Gasteiger charge is 2.08. The van der Waals surface area contributed by atoms with Gasteiger partial charge in [-0.1, -0.05) is 12.1 Å². The lowest BCUT2D eigenvalue weighted by Gasteiger charge is -2.10. The van der Waals surface area contributed by atoms with Gasteiger partial charge in [0.2, 0.25) is 0 Å². The van der Waals surface area contributed by atoms with Crippen LogP contribution in [0.25, 0.3) is 0 Å². The van der Waals surface area contributed by atoms with Crippen molar-refractivity contribution in [3.63, 3.8) is 0 Å². The Hall–Kier alpha value is -1.39. The van der Waals surface area contributed by atoms with E-state index >= 15 is 0 Å². The number of amides is 1. The van der Waals surface area contributed by atoms with Crippen molar-refractivity contribution in [3.8, 4) is 0 Å². The van der Waals surface area contributed by atoms with Crippen molar-refractivity contribution in [2.45, 2.75) is 6.42 Å². The van der Waals surface area contributed by atoms with E-state index in [1.165, 1.54) is 4.88 Å². The molecule has 0 radical (unpaired) electrons. The Morgan fingerprint density at radius 2 is 2.17 bits per heavy atom. The van der Waals surface area contributed by atoms with Crippen LogP contribution in [0.5, 0.6) is 0 Å². The summed E-state index contributed by atoms with van der Waals surface area (Å²) in [5, 5.41) is 0. The maximum Gasteiger partial charge on any atom is 0.253 e. The Balaban J connectivity index is 0.00000162. The van der Waals surface area contributed by atoms with Crippen molar-refractivity contribution in [1.82, 2.24) is 9.88 Å². The van der Waals surface area contributed by atoms with Gasteiger partial charge in [-0.05, 0) is 17.7 Å². The predicted octanol–water partition coefficient (Wildman–Crippen LogP) is 2.86. The van der Waals surface area contributed by atoms with Crippen molar-refractivity contribution in [2.75, 3.05) is 14.1 Å². The molecular weight excluding hydrogens is 268 g/mol. The van der Waals surface area contributed by atoms with Gasteiger partial charge in [-0.3, -0.25) is 9.78 Å². The van der Waals surface area contributed by atoms with E-state index < -0.39 is 0 Å². The van der Waals surface area contributed by atoms with E-state index in [0.29, 0.717) is 0 Å². The van der Waals surface area contributed by atoms with Crippen LogP contribution in [-0.2, 0) is 6.42 Å². The number of halogens is 1. The number of aromatic nitrogens is 1. The van der Waals surface area contributed by atoms with Gasteiger partial charge in [-0.15, -0.1) is 23.7 Å². The molecule has 0 atom stereocenters. The lowest BCUT2D eigenvalue weighted by molar-refractivity contribution is 0.0827. The quantitative estimate of drug-likeness (QED) is 0.867. The zero-order chi connectivity index (χ0) is 12.3. The Morgan fingerprint density at radius 1 is 1.39 bits per heavy atom. The van der Waals surface area contributed by atoms with E-state index in [0.717, 1.165) is 17.5 Å². The highest BCUT2D eigenvalue weighted by atomic mass is 35.5. The van der Waals surface area contributed by atoms with E-state index in [4.69, 9.17) is 0 Å². The molecule has 3 nitrogen and oxygen atoms in total. The van der Waals surface area contributed by atoms with Gasteiger partial charge in [0.05, 0.1) is 5.51 Å². The fraction of sp³-hybridized carbons (Fsp3) is 0.231. The molecular formula is C13H15ClN2OS. The molecule has 1 aromatic carbocycles. The molecule has 0 N–H and O–H groups in total. The van der Waals surface area contributed by atoms with Crippen LogP contribution in [-0.4, -0.2) is 29.9 Å². The van der Waals surface area contributed by atoms with Crippen molar-refractivity contribution in [2.24, 2.45) is 0 Å². The maximum atomic E-state index is 11.8. The van der Waals surface area contributed by atoms with Gasteiger partial charge >= 0.3 is 0 Å². The molecule has 2 aromatic rings. The van der Waals surface area contributed by atoms with Crippen LogP contribution in [0.1, 0.15) is 20.8 Å². The summed E-state index contributed by atoms with van der Waals surface area (Å²) in [6.45, 7) is 0. The SMILES string of the molecule is CN(C)C(=O)c1cccc(Cc2cncs2)c1.Cl. The molecule has 18 heavy (non-hydrogen) atoms. The number of hydrogen-bond acceptors (Lipinski definition) is 3. The lowest BCUT2D eigenvalue weighted by atomic mass is 10.1. The summed E-state index contributed by atoms with van der Waals surface area (Å²) in [4.78, 5) is 18.7. The van der Waals surface area contributed by atoms with Gasteiger partial charge < -0.3 is 4.90 Å². The van der Waals surface area contributed by atoms with E-state index in [1.54, 1.807) is 30.3 Å². The van der Waals surface area contributed by atoms with E-state index in [1.807, 2.05) is 36.0 Å². The summed E-state index contributed by atoms with van der Waals surface area (Å²) in [7, 11) is 3.52. The summed E-state index contributed by atoms with van der Waals surface area (Å²) >= 11 is 1.63. The number of rotatable bonds is 3. The average Bonchev–Trinajstić information content (AvgIpc) is 2.81. The molecule has 1 amide bonds. The zero-order valence-electron chi connectivity index (χ0n) is 10.3. The minimum Gasteiger partial charge on any atom is -0.345 e. The number of carbonyl (C=O) groups is 1. The second kappa shape index (κ2) is 6.52.